The number of hydrogen-bond donors (Lipinski definition) is 1. The number of methoxy groups -OCH3 is 1. The molecular formula is C20H22NO3+. The Balaban J connectivity index is 1.78. The first kappa shape index (κ1) is 16.3. The fourth-order valence-electron chi connectivity index (χ4n) is 2.86. The van der Waals surface area contributed by atoms with Crippen LogP contribution >= 0.6 is 0 Å². The minimum absolute atomic E-state index is 0.291. The molecule has 0 spiro atoms. The van der Waals surface area contributed by atoms with Crippen LogP contribution in [-0.2, 0) is 19.5 Å². The zero-order valence-electron chi connectivity index (χ0n) is 14.0. The fraction of sp³-hybridized carbons (Fsp3) is 0.250. The molecule has 1 heterocycles. The fourth-order valence-corrected chi connectivity index (χ4v) is 2.86. The summed E-state index contributed by atoms with van der Waals surface area (Å²) in [4.78, 5) is 11.8. The molecule has 0 fully saturated rings. The maximum Gasteiger partial charge on any atom is 0.336 e. The standard InChI is InChI=1S/C20H21NO3/c1-3-14-7-8-18-16(11-20(22)24-19(18)10-14)13-21-12-15-5-4-6-17(9-15)23-2/h4-11,21H,3,12-13H2,1-2H3/p+1. The Bertz CT molecular complexity index is 899. The SMILES string of the molecule is CCc1ccc2c(C[NH2+]Cc3cccc(OC)c3)cc(=O)oc2c1. The molecule has 3 aromatic rings. The highest BCUT2D eigenvalue weighted by atomic mass is 16.5. The van der Waals surface area contributed by atoms with Crippen molar-refractivity contribution in [2.45, 2.75) is 26.4 Å². The third kappa shape index (κ3) is 3.66. The van der Waals surface area contributed by atoms with Gasteiger partial charge in [0.15, 0.2) is 0 Å². The zero-order valence-corrected chi connectivity index (χ0v) is 14.0. The normalized spacial score (nSPS) is 10.9. The van der Waals surface area contributed by atoms with Gasteiger partial charge >= 0.3 is 5.63 Å². The van der Waals surface area contributed by atoms with Crippen LogP contribution in [0.5, 0.6) is 5.75 Å². The molecule has 0 amide bonds. The molecule has 3 rings (SSSR count). The van der Waals surface area contributed by atoms with E-state index >= 15 is 0 Å². The monoisotopic (exact) mass is 324 g/mol. The van der Waals surface area contributed by atoms with Crippen molar-refractivity contribution in [2.24, 2.45) is 0 Å². The van der Waals surface area contributed by atoms with Crippen LogP contribution in [0.4, 0.5) is 0 Å². The Morgan fingerprint density at radius 1 is 1.04 bits per heavy atom. The van der Waals surface area contributed by atoms with Gasteiger partial charge in [-0.2, -0.15) is 0 Å². The van der Waals surface area contributed by atoms with Crippen molar-refractivity contribution in [3.05, 3.63) is 75.6 Å². The predicted octanol–water partition coefficient (Wildman–Crippen LogP) is 2.63. The van der Waals surface area contributed by atoms with E-state index in [9.17, 15) is 4.79 Å². The Morgan fingerprint density at radius 3 is 2.71 bits per heavy atom. The molecule has 0 saturated heterocycles. The number of fused-ring (bicyclic) bond motifs is 1. The van der Waals surface area contributed by atoms with E-state index < -0.39 is 0 Å². The third-order valence-corrected chi connectivity index (χ3v) is 4.18. The van der Waals surface area contributed by atoms with Gasteiger partial charge in [-0.1, -0.05) is 31.2 Å². The van der Waals surface area contributed by atoms with Gasteiger partial charge in [0.2, 0.25) is 0 Å². The van der Waals surface area contributed by atoms with Gasteiger partial charge in [-0.15, -0.1) is 0 Å². The van der Waals surface area contributed by atoms with Crippen molar-refractivity contribution >= 4 is 11.0 Å². The van der Waals surface area contributed by atoms with E-state index in [1.807, 2.05) is 30.3 Å². The highest BCUT2D eigenvalue weighted by Gasteiger charge is 2.08. The van der Waals surface area contributed by atoms with E-state index in [0.29, 0.717) is 5.58 Å². The van der Waals surface area contributed by atoms with Gasteiger partial charge in [0.1, 0.15) is 24.4 Å². The summed E-state index contributed by atoms with van der Waals surface area (Å²) in [5, 5.41) is 3.19. The van der Waals surface area contributed by atoms with Crippen LogP contribution in [0.1, 0.15) is 23.6 Å². The van der Waals surface area contributed by atoms with Crippen molar-refractivity contribution in [1.82, 2.24) is 0 Å². The number of nitrogens with two attached hydrogens (primary N) is 1. The summed E-state index contributed by atoms with van der Waals surface area (Å²) < 4.78 is 10.6. The Hall–Kier alpha value is -2.59. The number of benzene rings is 2. The average Bonchev–Trinajstić information content (AvgIpc) is 2.61. The van der Waals surface area contributed by atoms with Crippen LogP contribution in [0.25, 0.3) is 11.0 Å². The summed E-state index contributed by atoms with van der Waals surface area (Å²) in [6.45, 7) is 3.64. The highest BCUT2D eigenvalue weighted by Crippen LogP contribution is 2.18. The maximum absolute atomic E-state index is 11.8. The van der Waals surface area contributed by atoms with E-state index in [4.69, 9.17) is 9.15 Å². The first-order valence-corrected chi connectivity index (χ1v) is 8.20. The minimum atomic E-state index is -0.291. The summed E-state index contributed by atoms with van der Waals surface area (Å²) in [5.41, 5.74) is 3.75. The lowest BCUT2D eigenvalue weighted by Crippen LogP contribution is -2.80. The number of quaternary nitrogens is 1. The van der Waals surface area contributed by atoms with Crippen molar-refractivity contribution in [2.75, 3.05) is 7.11 Å². The molecule has 2 N–H and O–H groups in total. The van der Waals surface area contributed by atoms with Gasteiger partial charge in [0.05, 0.1) is 7.11 Å². The largest absolute Gasteiger partial charge is 0.497 e. The highest BCUT2D eigenvalue weighted by molar-refractivity contribution is 5.80. The van der Waals surface area contributed by atoms with E-state index in [0.717, 1.165) is 36.2 Å². The van der Waals surface area contributed by atoms with Crippen molar-refractivity contribution < 1.29 is 14.5 Å². The molecule has 4 heteroatoms. The summed E-state index contributed by atoms with van der Waals surface area (Å²) in [6, 6.07) is 15.7. The quantitative estimate of drug-likeness (QED) is 0.709. The average molecular weight is 324 g/mol. The maximum atomic E-state index is 11.8. The zero-order chi connectivity index (χ0) is 16.9. The number of hydrogen-bond acceptors (Lipinski definition) is 3. The molecule has 0 bridgehead atoms. The smallest absolute Gasteiger partial charge is 0.336 e. The van der Waals surface area contributed by atoms with Crippen LogP contribution < -0.4 is 15.7 Å². The summed E-state index contributed by atoms with van der Waals surface area (Å²) in [6.07, 6.45) is 0.922. The number of ether oxygens (including phenoxy) is 1. The van der Waals surface area contributed by atoms with Crippen LogP contribution in [0.15, 0.2) is 57.7 Å². The molecule has 0 unspecified atom stereocenters. The Labute approximate surface area is 141 Å². The van der Waals surface area contributed by atoms with Crippen molar-refractivity contribution in [1.29, 1.82) is 0 Å². The van der Waals surface area contributed by atoms with Gasteiger partial charge in [-0.05, 0) is 30.2 Å². The molecule has 124 valence electrons. The van der Waals surface area contributed by atoms with Gasteiger partial charge in [-0.3, -0.25) is 0 Å². The van der Waals surface area contributed by atoms with Crippen LogP contribution in [0, 0.1) is 0 Å². The van der Waals surface area contributed by atoms with Gasteiger partial charge in [0, 0.05) is 22.6 Å². The number of aryl methyl sites for hydroxylation is 1. The lowest BCUT2D eigenvalue weighted by Gasteiger charge is -2.07. The second-order valence-electron chi connectivity index (χ2n) is 5.82. The first-order chi connectivity index (χ1) is 11.7. The molecule has 2 aromatic carbocycles. The van der Waals surface area contributed by atoms with Crippen LogP contribution in [0.2, 0.25) is 0 Å². The van der Waals surface area contributed by atoms with E-state index in [1.165, 1.54) is 11.1 Å². The lowest BCUT2D eigenvalue weighted by atomic mass is 10.1. The summed E-state index contributed by atoms with van der Waals surface area (Å²) in [5.74, 6) is 0.860. The van der Waals surface area contributed by atoms with Gasteiger partial charge in [0.25, 0.3) is 0 Å². The van der Waals surface area contributed by atoms with E-state index in [2.05, 4.69) is 24.4 Å². The molecule has 0 aliphatic carbocycles. The van der Waals surface area contributed by atoms with E-state index in [-0.39, 0.29) is 5.63 Å². The van der Waals surface area contributed by atoms with Crippen molar-refractivity contribution in [3.63, 3.8) is 0 Å². The second-order valence-corrected chi connectivity index (χ2v) is 5.82. The minimum Gasteiger partial charge on any atom is -0.497 e. The summed E-state index contributed by atoms with van der Waals surface area (Å²) in [7, 11) is 1.67. The molecule has 0 saturated carbocycles. The predicted molar refractivity (Wildman–Crippen MR) is 94.2 cm³/mol. The molecule has 0 atom stereocenters. The molecule has 0 aliphatic heterocycles. The molecule has 0 radical (unpaired) electrons. The topological polar surface area (TPSA) is 56.0 Å². The molecule has 1 aromatic heterocycles. The van der Waals surface area contributed by atoms with E-state index in [1.54, 1.807) is 13.2 Å². The molecule has 24 heavy (non-hydrogen) atoms. The molecule has 4 nitrogen and oxygen atoms in total. The first-order valence-electron chi connectivity index (χ1n) is 8.20. The number of rotatable bonds is 6. The lowest BCUT2D eigenvalue weighted by molar-refractivity contribution is -0.686. The van der Waals surface area contributed by atoms with Gasteiger partial charge < -0.3 is 14.5 Å². The Kier molecular flexibility index (Phi) is 4.96. The van der Waals surface area contributed by atoms with Crippen molar-refractivity contribution in [3.8, 4) is 5.75 Å². The summed E-state index contributed by atoms with van der Waals surface area (Å²) >= 11 is 0. The molecule has 0 aliphatic rings. The Morgan fingerprint density at radius 2 is 1.92 bits per heavy atom. The van der Waals surface area contributed by atoms with Gasteiger partial charge in [-0.25, -0.2) is 4.79 Å². The van der Waals surface area contributed by atoms with Crippen LogP contribution in [-0.4, -0.2) is 7.11 Å². The molecular weight excluding hydrogens is 302 g/mol. The second kappa shape index (κ2) is 7.32. The third-order valence-electron chi connectivity index (χ3n) is 4.18. The van der Waals surface area contributed by atoms with Crippen LogP contribution in [0.3, 0.4) is 0 Å².